The van der Waals surface area contributed by atoms with E-state index in [0.717, 1.165) is 11.5 Å². The lowest BCUT2D eigenvalue weighted by Crippen LogP contribution is -2.52. The Morgan fingerprint density at radius 3 is 2.61 bits per heavy atom. The van der Waals surface area contributed by atoms with Crippen LogP contribution in [0.5, 0.6) is 0 Å². The lowest BCUT2D eigenvalue weighted by Gasteiger charge is -2.37. The summed E-state index contributed by atoms with van der Waals surface area (Å²) in [6.07, 6.45) is 0.560. The number of likely N-dealkylation sites (tertiary alicyclic amines) is 1. The minimum absolute atomic E-state index is 0.209. The van der Waals surface area contributed by atoms with Crippen LogP contribution in [0.2, 0.25) is 0 Å². The molecule has 2 rings (SSSR count). The van der Waals surface area contributed by atoms with Crippen LogP contribution in [0, 0.1) is 0 Å². The fourth-order valence-electron chi connectivity index (χ4n) is 2.00. The SMILES string of the molecule is COC1(C(=O)O)CCN(C(=O)c2csnn2)CC1. The summed E-state index contributed by atoms with van der Waals surface area (Å²) in [6.45, 7) is 0.687. The average molecular weight is 271 g/mol. The normalized spacial score (nSPS) is 18.6. The van der Waals surface area contributed by atoms with Crippen LogP contribution in [0.25, 0.3) is 0 Å². The Morgan fingerprint density at radius 2 is 2.17 bits per heavy atom. The molecule has 1 saturated heterocycles. The number of rotatable bonds is 3. The standard InChI is InChI=1S/C10H13N3O4S/c1-17-10(9(15)16)2-4-13(5-3-10)8(14)7-6-18-12-11-7/h6H,2-5H2,1H3,(H,15,16). The predicted octanol–water partition coefficient (Wildman–Crippen LogP) is 0.244. The van der Waals surface area contributed by atoms with Gasteiger partial charge in [0.2, 0.25) is 0 Å². The molecule has 0 unspecified atom stereocenters. The minimum Gasteiger partial charge on any atom is -0.479 e. The molecule has 1 aromatic rings. The van der Waals surface area contributed by atoms with Gasteiger partial charge in [-0.05, 0) is 11.5 Å². The zero-order valence-corrected chi connectivity index (χ0v) is 10.6. The number of ether oxygens (including phenoxy) is 1. The molecule has 18 heavy (non-hydrogen) atoms. The predicted molar refractivity (Wildman–Crippen MR) is 62.4 cm³/mol. The highest BCUT2D eigenvalue weighted by Gasteiger charge is 2.42. The van der Waals surface area contributed by atoms with Crippen LogP contribution in [-0.4, -0.2) is 57.3 Å². The molecule has 0 aliphatic carbocycles. The van der Waals surface area contributed by atoms with E-state index in [0.29, 0.717) is 18.8 Å². The van der Waals surface area contributed by atoms with Gasteiger partial charge in [-0.1, -0.05) is 4.49 Å². The van der Waals surface area contributed by atoms with Gasteiger partial charge < -0.3 is 14.7 Å². The highest BCUT2D eigenvalue weighted by atomic mass is 32.1. The molecular weight excluding hydrogens is 258 g/mol. The molecule has 1 amide bonds. The summed E-state index contributed by atoms with van der Waals surface area (Å²) >= 11 is 1.11. The third-order valence-electron chi connectivity index (χ3n) is 3.22. The van der Waals surface area contributed by atoms with E-state index in [1.807, 2.05) is 0 Å². The largest absolute Gasteiger partial charge is 0.479 e. The van der Waals surface area contributed by atoms with E-state index in [2.05, 4.69) is 9.59 Å². The van der Waals surface area contributed by atoms with Crippen molar-refractivity contribution in [2.45, 2.75) is 18.4 Å². The number of carboxylic acid groups (broad SMARTS) is 1. The lowest BCUT2D eigenvalue weighted by atomic mass is 9.91. The second-order valence-electron chi connectivity index (χ2n) is 4.09. The Hall–Kier alpha value is -1.54. The molecule has 98 valence electrons. The number of carbonyl (C=O) groups excluding carboxylic acids is 1. The van der Waals surface area contributed by atoms with E-state index in [4.69, 9.17) is 9.84 Å². The Bertz CT molecular complexity index is 440. The highest BCUT2D eigenvalue weighted by Crippen LogP contribution is 2.26. The molecule has 1 aliphatic rings. The van der Waals surface area contributed by atoms with Crippen LogP contribution in [0.3, 0.4) is 0 Å². The van der Waals surface area contributed by atoms with E-state index >= 15 is 0 Å². The molecule has 1 aromatic heterocycles. The quantitative estimate of drug-likeness (QED) is 0.846. The van der Waals surface area contributed by atoms with E-state index in [-0.39, 0.29) is 18.7 Å². The second kappa shape index (κ2) is 4.99. The van der Waals surface area contributed by atoms with Crippen molar-refractivity contribution < 1.29 is 19.4 Å². The Morgan fingerprint density at radius 1 is 1.50 bits per heavy atom. The maximum Gasteiger partial charge on any atom is 0.336 e. The summed E-state index contributed by atoms with van der Waals surface area (Å²) in [5, 5.41) is 14.4. The molecule has 1 aliphatic heterocycles. The first-order valence-electron chi connectivity index (χ1n) is 5.44. The van der Waals surface area contributed by atoms with E-state index < -0.39 is 11.6 Å². The van der Waals surface area contributed by atoms with Crippen LogP contribution in [0.4, 0.5) is 0 Å². The summed E-state index contributed by atoms with van der Waals surface area (Å²) in [5.41, 5.74) is -0.864. The van der Waals surface area contributed by atoms with Crippen molar-refractivity contribution >= 4 is 23.4 Å². The van der Waals surface area contributed by atoms with Crippen LogP contribution in [0.15, 0.2) is 5.38 Å². The molecule has 1 N–H and O–H groups in total. The second-order valence-corrected chi connectivity index (χ2v) is 4.70. The number of carboxylic acids is 1. The van der Waals surface area contributed by atoms with Gasteiger partial charge >= 0.3 is 5.97 Å². The van der Waals surface area contributed by atoms with Crippen molar-refractivity contribution in [3.63, 3.8) is 0 Å². The van der Waals surface area contributed by atoms with Crippen LogP contribution < -0.4 is 0 Å². The Balaban J connectivity index is 2.02. The monoisotopic (exact) mass is 271 g/mol. The van der Waals surface area contributed by atoms with Gasteiger partial charge in [0, 0.05) is 38.4 Å². The van der Waals surface area contributed by atoms with Gasteiger partial charge in [0.05, 0.1) is 0 Å². The molecule has 0 radical (unpaired) electrons. The number of carbonyl (C=O) groups is 2. The van der Waals surface area contributed by atoms with Crippen molar-refractivity contribution in [1.82, 2.24) is 14.5 Å². The summed E-state index contributed by atoms with van der Waals surface area (Å²) in [6, 6.07) is 0. The number of aliphatic carboxylic acids is 1. The van der Waals surface area contributed by atoms with Gasteiger partial charge in [-0.25, -0.2) is 4.79 Å². The van der Waals surface area contributed by atoms with Crippen LogP contribution in [0.1, 0.15) is 23.3 Å². The first-order valence-corrected chi connectivity index (χ1v) is 6.27. The zero-order valence-electron chi connectivity index (χ0n) is 9.83. The maximum atomic E-state index is 12.0. The van der Waals surface area contributed by atoms with Crippen molar-refractivity contribution in [2.24, 2.45) is 0 Å². The van der Waals surface area contributed by atoms with Gasteiger partial charge in [0.1, 0.15) is 0 Å². The van der Waals surface area contributed by atoms with Gasteiger partial charge in [0.25, 0.3) is 5.91 Å². The molecular formula is C10H13N3O4S. The smallest absolute Gasteiger partial charge is 0.336 e. The summed E-state index contributed by atoms with van der Waals surface area (Å²) in [4.78, 5) is 24.7. The van der Waals surface area contributed by atoms with E-state index in [1.165, 1.54) is 7.11 Å². The Kier molecular flexibility index (Phi) is 3.58. The number of methoxy groups -OCH3 is 1. The third kappa shape index (κ3) is 2.21. The fraction of sp³-hybridized carbons (Fsp3) is 0.600. The number of hydrogen-bond donors (Lipinski definition) is 1. The summed E-state index contributed by atoms with van der Waals surface area (Å²) < 4.78 is 8.73. The zero-order chi connectivity index (χ0) is 13.2. The lowest BCUT2D eigenvalue weighted by molar-refractivity contribution is -0.167. The summed E-state index contributed by atoms with van der Waals surface area (Å²) in [7, 11) is 1.38. The molecule has 2 heterocycles. The fourth-order valence-corrected chi connectivity index (χ4v) is 2.43. The van der Waals surface area contributed by atoms with Gasteiger partial charge in [0.15, 0.2) is 11.3 Å². The van der Waals surface area contributed by atoms with Gasteiger partial charge in [-0.2, -0.15) is 0 Å². The van der Waals surface area contributed by atoms with Crippen LogP contribution in [-0.2, 0) is 9.53 Å². The molecule has 0 spiro atoms. The summed E-state index contributed by atoms with van der Waals surface area (Å²) in [5.74, 6) is -1.19. The number of amides is 1. The van der Waals surface area contributed by atoms with Crippen LogP contribution >= 0.6 is 11.5 Å². The number of hydrogen-bond acceptors (Lipinski definition) is 6. The molecule has 0 saturated carbocycles. The van der Waals surface area contributed by atoms with Crippen molar-refractivity contribution in [3.8, 4) is 0 Å². The molecule has 0 aromatic carbocycles. The molecule has 7 nitrogen and oxygen atoms in total. The topological polar surface area (TPSA) is 92.6 Å². The minimum atomic E-state index is -1.17. The number of nitrogens with zero attached hydrogens (tertiary/aromatic N) is 3. The van der Waals surface area contributed by atoms with Gasteiger partial charge in [-0.15, -0.1) is 5.10 Å². The molecule has 0 atom stereocenters. The number of aromatic nitrogens is 2. The first kappa shape index (κ1) is 12.9. The number of piperidine rings is 1. The first-order chi connectivity index (χ1) is 8.59. The average Bonchev–Trinajstić information content (AvgIpc) is 2.91. The molecule has 1 fully saturated rings. The van der Waals surface area contributed by atoms with Crippen molar-refractivity contribution in [2.75, 3.05) is 20.2 Å². The van der Waals surface area contributed by atoms with Crippen molar-refractivity contribution in [3.05, 3.63) is 11.1 Å². The van der Waals surface area contributed by atoms with E-state index in [1.54, 1.807) is 10.3 Å². The third-order valence-corrected chi connectivity index (χ3v) is 3.72. The highest BCUT2D eigenvalue weighted by molar-refractivity contribution is 7.03. The Labute approximate surface area is 108 Å². The van der Waals surface area contributed by atoms with Crippen molar-refractivity contribution in [1.29, 1.82) is 0 Å². The van der Waals surface area contributed by atoms with E-state index in [9.17, 15) is 9.59 Å². The molecule has 8 heteroatoms. The van der Waals surface area contributed by atoms with Gasteiger partial charge in [-0.3, -0.25) is 4.79 Å². The maximum absolute atomic E-state index is 12.0. The molecule has 0 bridgehead atoms.